The van der Waals surface area contributed by atoms with Gasteiger partial charge in [-0.3, -0.25) is 4.99 Å². The highest BCUT2D eigenvalue weighted by Gasteiger charge is 2.23. The van der Waals surface area contributed by atoms with E-state index in [1.807, 2.05) is 11.8 Å². The van der Waals surface area contributed by atoms with Gasteiger partial charge in [0.2, 0.25) is 0 Å². The highest BCUT2D eigenvalue weighted by molar-refractivity contribution is 8.01. The van der Waals surface area contributed by atoms with Crippen LogP contribution in [0, 0.1) is 0 Å². The molecular formula is C11H15NS. The summed E-state index contributed by atoms with van der Waals surface area (Å²) in [6, 6.07) is 0. The molecule has 0 aromatic rings. The van der Waals surface area contributed by atoms with Crippen LogP contribution in [-0.4, -0.2) is 23.3 Å². The summed E-state index contributed by atoms with van der Waals surface area (Å²) in [4.78, 5) is 4.51. The van der Waals surface area contributed by atoms with Crippen LogP contribution in [0.4, 0.5) is 0 Å². The molecule has 1 atom stereocenters. The van der Waals surface area contributed by atoms with Crippen molar-refractivity contribution in [3.8, 4) is 0 Å². The summed E-state index contributed by atoms with van der Waals surface area (Å²) >= 11 is 1.98. The highest BCUT2D eigenvalue weighted by atomic mass is 32.2. The van der Waals surface area contributed by atoms with E-state index < -0.39 is 0 Å². The monoisotopic (exact) mass is 193 g/mol. The van der Waals surface area contributed by atoms with E-state index in [0.29, 0.717) is 5.25 Å². The molecule has 1 unspecified atom stereocenters. The lowest BCUT2D eigenvalue weighted by Crippen LogP contribution is -2.08. The van der Waals surface area contributed by atoms with Crippen LogP contribution in [0.15, 0.2) is 42.0 Å². The molecule has 0 bridgehead atoms. The SMILES string of the molecule is C=C.CC1SCC2=CC=CCN=C21. The highest BCUT2D eigenvalue weighted by Crippen LogP contribution is 2.28. The molecule has 0 amide bonds. The maximum Gasteiger partial charge on any atom is 0.0577 e. The van der Waals surface area contributed by atoms with Gasteiger partial charge < -0.3 is 0 Å². The van der Waals surface area contributed by atoms with Gasteiger partial charge in [-0.2, -0.15) is 0 Å². The zero-order valence-corrected chi connectivity index (χ0v) is 8.81. The Morgan fingerprint density at radius 1 is 1.54 bits per heavy atom. The van der Waals surface area contributed by atoms with Gasteiger partial charge in [0.1, 0.15) is 0 Å². The minimum atomic E-state index is 0.612. The summed E-state index contributed by atoms with van der Waals surface area (Å²) < 4.78 is 0. The lowest BCUT2D eigenvalue weighted by Gasteiger charge is -2.00. The summed E-state index contributed by atoms with van der Waals surface area (Å²) in [5.74, 6) is 1.14. The fourth-order valence-electron chi connectivity index (χ4n) is 1.39. The quantitative estimate of drug-likeness (QED) is 0.539. The van der Waals surface area contributed by atoms with Crippen molar-refractivity contribution >= 4 is 17.5 Å². The average Bonchev–Trinajstić information content (AvgIpc) is 2.44. The van der Waals surface area contributed by atoms with Crippen LogP contribution in [-0.2, 0) is 0 Å². The second-order valence-corrected chi connectivity index (χ2v) is 4.13. The van der Waals surface area contributed by atoms with Crippen molar-refractivity contribution in [3.05, 3.63) is 37.0 Å². The Kier molecular flexibility index (Phi) is 4.03. The van der Waals surface area contributed by atoms with Crippen molar-refractivity contribution in [1.29, 1.82) is 0 Å². The Hall–Kier alpha value is -0.760. The van der Waals surface area contributed by atoms with E-state index in [4.69, 9.17) is 0 Å². The Morgan fingerprint density at radius 2 is 2.31 bits per heavy atom. The van der Waals surface area contributed by atoms with E-state index in [0.717, 1.165) is 12.3 Å². The first-order chi connectivity index (χ1) is 6.38. The van der Waals surface area contributed by atoms with Crippen molar-refractivity contribution in [2.45, 2.75) is 12.2 Å². The molecular weight excluding hydrogens is 178 g/mol. The number of fused-ring (bicyclic) bond motifs is 1. The summed E-state index contributed by atoms with van der Waals surface area (Å²) in [7, 11) is 0. The van der Waals surface area contributed by atoms with Crippen LogP contribution in [0.25, 0.3) is 0 Å². The first-order valence-electron chi connectivity index (χ1n) is 4.40. The summed E-state index contributed by atoms with van der Waals surface area (Å²) in [5.41, 5.74) is 2.75. The van der Waals surface area contributed by atoms with Crippen molar-refractivity contribution in [2.75, 3.05) is 12.3 Å². The smallest absolute Gasteiger partial charge is 0.0577 e. The van der Waals surface area contributed by atoms with Crippen LogP contribution in [0.2, 0.25) is 0 Å². The summed E-state index contributed by atoms with van der Waals surface area (Å²) in [6.45, 7) is 9.09. The van der Waals surface area contributed by atoms with E-state index in [1.165, 1.54) is 11.3 Å². The van der Waals surface area contributed by atoms with E-state index in [-0.39, 0.29) is 0 Å². The Labute approximate surface area is 84.3 Å². The van der Waals surface area contributed by atoms with Gasteiger partial charge in [-0.25, -0.2) is 0 Å². The molecule has 2 heteroatoms. The molecule has 2 rings (SSSR count). The molecule has 70 valence electrons. The van der Waals surface area contributed by atoms with Crippen molar-refractivity contribution < 1.29 is 0 Å². The lowest BCUT2D eigenvalue weighted by molar-refractivity contribution is 1.20. The summed E-state index contributed by atoms with van der Waals surface area (Å²) in [6.07, 6.45) is 6.42. The Morgan fingerprint density at radius 3 is 3.08 bits per heavy atom. The first-order valence-corrected chi connectivity index (χ1v) is 5.45. The van der Waals surface area contributed by atoms with Gasteiger partial charge in [0.05, 0.1) is 12.3 Å². The third-order valence-corrected chi connectivity index (χ3v) is 3.20. The zero-order valence-electron chi connectivity index (χ0n) is 7.99. The molecule has 1 fully saturated rings. The number of aliphatic imine (C=N–C) groups is 1. The van der Waals surface area contributed by atoms with E-state index in [1.54, 1.807) is 0 Å². The predicted octanol–water partition coefficient (Wildman–Crippen LogP) is 2.86. The van der Waals surface area contributed by atoms with Gasteiger partial charge in [0, 0.05) is 11.0 Å². The van der Waals surface area contributed by atoms with Gasteiger partial charge in [-0.15, -0.1) is 24.9 Å². The van der Waals surface area contributed by atoms with Crippen LogP contribution < -0.4 is 0 Å². The molecule has 2 aliphatic heterocycles. The maximum absolute atomic E-state index is 4.51. The topological polar surface area (TPSA) is 12.4 Å². The Balaban J connectivity index is 0.000000396. The molecule has 13 heavy (non-hydrogen) atoms. The molecule has 0 spiro atoms. The number of thioether (sulfide) groups is 1. The number of allylic oxidation sites excluding steroid dienone is 2. The van der Waals surface area contributed by atoms with Gasteiger partial charge in [-0.05, 0) is 12.5 Å². The lowest BCUT2D eigenvalue weighted by atomic mass is 10.1. The van der Waals surface area contributed by atoms with Gasteiger partial charge in [-0.1, -0.05) is 18.2 Å². The zero-order chi connectivity index (χ0) is 9.68. The third kappa shape index (κ3) is 2.34. The van der Waals surface area contributed by atoms with Crippen LogP contribution in [0.5, 0.6) is 0 Å². The van der Waals surface area contributed by atoms with Crippen LogP contribution in [0.1, 0.15) is 6.92 Å². The predicted molar refractivity (Wildman–Crippen MR) is 62.7 cm³/mol. The van der Waals surface area contributed by atoms with E-state index in [2.05, 4.69) is 43.3 Å². The molecule has 2 aliphatic rings. The molecule has 0 N–H and O–H groups in total. The summed E-state index contributed by atoms with van der Waals surface area (Å²) in [5, 5.41) is 0.612. The number of hydrogen-bond acceptors (Lipinski definition) is 2. The fourth-order valence-corrected chi connectivity index (χ4v) is 2.45. The second-order valence-electron chi connectivity index (χ2n) is 2.80. The standard InChI is InChI=1S/C9H11NS.C2H4/c1-7-9-8(6-11-7)4-2-3-5-10-9;1-2/h2-4,7H,5-6H2,1H3;1-2H2. The van der Waals surface area contributed by atoms with Crippen molar-refractivity contribution in [1.82, 2.24) is 0 Å². The maximum atomic E-state index is 4.51. The van der Waals surface area contributed by atoms with Gasteiger partial charge in [0.25, 0.3) is 0 Å². The molecule has 0 aliphatic carbocycles. The molecule has 1 saturated heterocycles. The van der Waals surface area contributed by atoms with Crippen molar-refractivity contribution in [2.24, 2.45) is 4.99 Å². The molecule has 2 heterocycles. The van der Waals surface area contributed by atoms with E-state index >= 15 is 0 Å². The number of nitrogens with zero attached hydrogens (tertiary/aromatic N) is 1. The van der Waals surface area contributed by atoms with Crippen LogP contribution >= 0.6 is 11.8 Å². The molecule has 0 radical (unpaired) electrons. The van der Waals surface area contributed by atoms with E-state index in [9.17, 15) is 0 Å². The molecule has 0 saturated carbocycles. The molecule has 0 aromatic heterocycles. The minimum Gasteiger partial charge on any atom is -0.284 e. The van der Waals surface area contributed by atoms with Crippen molar-refractivity contribution in [3.63, 3.8) is 0 Å². The molecule has 0 aromatic carbocycles. The Bertz CT molecular complexity index is 263. The average molecular weight is 193 g/mol. The van der Waals surface area contributed by atoms with Gasteiger partial charge in [0.15, 0.2) is 0 Å². The van der Waals surface area contributed by atoms with Gasteiger partial charge >= 0.3 is 0 Å². The fraction of sp³-hybridized carbons (Fsp3) is 0.364. The number of hydrogen-bond donors (Lipinski definition) is 0. The minimum absolute atomic E-state index is 0.612. The third-order valence-electron chi connectivity index (χ3n) is 2.00. The second kappa shape index (κ2) is 5.07. The first kappa shape index (κ1) is 10.3. The normalized spacial score (nSPS) is 24.8. The number of rotatable bonds is 0. The van der Waals surface area contributed by atoms with Crippen LogP contribution in [0.3, 0.4) is 0 Å². The molecule has 1 nitrogen and oxygen atoms in total. The largest absolute Gasteiger partial charge is 0.284 e.